The number of nitrogens with zero attached hydrogens (tertiary/aromatic N) is 1. The van der Waals surface area contributed by atoms with E-state index >= 15 is 0 Å². The molecule has 0 aliphatic carbocycles. The second-order valence-electron chi connectivity index (χ2n) is 3.39. The van der Waals surface area contributed by atoms with E-state index in [0.717, 1.165) is 0 Å². The minimum atomic E-state index is -2.47. The number of rotatable bonds is 8. The standard InChI is InChI=1S/C9H17F2NO3/c1-7(2-3-9(14)15)12(4-5-13)6-8(10)11/h7-8,13H,2-6H2,1H3,(H,14,15). The third-order valence-corrected chi connectivity index (χ3v) is 2.16. The number of carbonyl (C=O) groups is 1. The Bertz CT molecular complexity index is 190. The molecule has 0 radical (unpaired) electrons. The Morgan fingerprint density at radius 1 is 1.47 bits per heavy atom. The van der Waals surface area contributed by atoms with E-state index in [0.29, 0.717) is 6.42 Å². The zero-order chi connectivity index (χ0) is 11.8. The predicted molar refractivity (Wildman–Crippen MR) is 51.0 cm³/mol. The van der Waals surface area contributed by atoms with Crippen LogP contribution in [0.1, 0.15) is 19.8 Å². The van der Waals surface area contributed by atoms with Crippen LogP contribution in [0.25, 0.3) is 0 Å². The first kappa shape index (κ1) is 14.2. The lowest BCUT2D eigenvalue weighted by Crippen LogP contribution is -2.39. The second kappa shape index (κ2) is 7.53. The van der Waals surface area contributed by atoms with Crippen molar-refractivity contribution < 1.29 is 23.8 Å². The van der Waals surface area contributed by atoms with Crippen LogP contribution in [0.5, 0.6) is 0 Å². The normalized spacial score (nSPS) is 13.5. The molecule has 2 N–H and O–H groups in total. The first-order chi connectivity index (χ1) is 6.97. The molecule has 15 heavy (non-hydrogen) atoms. The third-order valence-electron chi connectivity index (χ3n) is 2.16. The molecular formula is C9H17F2NO3. The summed E-state index contributed by atoms with van der Waals surface area (Å²) in [5.41, 5.74) is 0. The van der Waals surface area contributed by atoms with Gasteiger partial charge in [0.1, 0.15) is 0 Å². The fraction of sp³-hybridized carbons (Fsp3) is 0.889. The SMILES string of the molecule is CC(CCC(=O)O)N(CCO)CC(F)F. The average Bonchev–Trinajstić information content (AvgIpc) is 2.12. The van der Waals surface area contributed by atoms with E-state index in [2.05, 4.69) is 0 Å². The van der Waals surface area contributed by atoms with Gasteiger partial charge in [-0.25, -0.2) is 8.78 Å². The van der Waals surface area contributed by atoms with Gasteiger partial charge in [-0.05, 0) is 13.3 Å². The van der Waals surface area contributed by atoms with E-state index in [-0.39, 0.29) is 25.6 Å². The van der Waals surface area contributed by atoms with E-state index in [1.807, 2.05) is 0 Å². The van der Waals surface area contributed by atoms with Crippen molar-refractivity contribution in [3.8, 4) is 0 Å². The number of carboxylic acids is 1. The Morgan fingerprint density at radius 2 is 2.07 bits per heavy atom. The molecule has 0 rings (SSSR count). The maximum Gasteiger partial charge on any atom is 0.303 e. The van der Waals surface area contributed by atoms with Gasteiger partial charge >= 0.3 is 5.97 Å². The van der Waals surface area contributed by atoms with Gasteiger partial charge in [0, 0.05) is 19.0 Å². The summed E-state index contributed by atoms with van der Waals surface area (Å²) in [6.45, 7) is 1.19. The van der Waals surface area contributed by atoms with Gasteiger partial charge in [0.25, 0.3) is 6.43 Å². The van der Waals surface area contributed by atoms with Crippen LogP contribution in [0, 0.1) is 0 Å². The van der Waals surface area contributed by atoms with Crippen molar-refractivity contribution in [2.45, 2.75) is 32.2 Å². The second-order valence-corrected chi connectivity index (χ2v) is 3.39. The molecule has 4 nitrogen and oxygen atoms in total. The van der Waals surface area contributed by atoms with E-state index in [1.54, 1.807) is 6.92 Å². The van der Waals surface area contributed by atoms with Crippen LogP contribution in [0.15, 0.2) is 0 Å². The van der Waals surface area contributed by atoms with Crippen molar-refractivity contribution in [1.29, 1.82) is 0 Å². The number of alkyl halides is 2. The van der Waals surface area contributed by atoms with Crippen LogP contribution in [-0.2, 0) is 4.79 Å². The quantitative estimate of drug-likeness (QED) is 0.641. The topological polar surface area (TPSA) is 60.8 Å². The summed E-state index contributed by atoms with van der Waals surface area (Å²) >= 11 is 0. The molecular weight excluding hydrogens is 208 g/mol. The molecule has 0 saturated heterocycles. The molecule has 90 valence electrons. The number of carboxylic acid groups (broad SMARTS) is 1. The molecule has 0 aromatic carbocycles. The van der Waals surface area contributed by atoms with Crippen LogP contribution in [0.4, 0.5) is 8.78 Å². The molecule has 0 heterocycles. The number of aliphatic carboxylic acids is 1. The van der Waals surface area contributed by atoms with Gasteiger partial charge in [-0.3, -0.25) is 9.69 Å². The monoisotopic (exact) mass is 225 g/mol. The zero-order valence-electron chi connectivity index (χ0n) is 8.70. The zero-order valence-corrected chi connectivity index (χ0v) is 8.70. The fourth-order valence-electron chi connectivity index (χ4n) is 1.31. The van der Waals surface area contributed by atoms with Crippen molar-refractivity contribution in [2.24, 2.45) is 0 Å². The number of aliphatic hydroxyl groups is 1. The lowest BCUT2D eigenvalue weighted by atomic mass is 10.1. The highest BCUT2D eigenvalue weighted by molar-refractivity contribution is 5.66. The van der Waals surface area contributed by atoms with Crippen molar-refractivity contribution >= 4 is 5.97 Å². The minimum absolute atomic E-state index is 0.0493. The maximum atomic E-state index is 12.1. The summed E-state index contributed by atoms with van der Waals surface area (Å²) in [4.78, 5) is 11.7. The molecule has 0 bridgehead atoms. The Labute approximate surface area is 87.5 Å². The van der Waals surface area contributed by atoms with Gasteiger partial charge in [0.2, 0.25) is 0 Å². The first-order valence-corrected chi connectivity index (χ1v) is 4.82. The molecule has 0 aliphatic rings. The molecule has 0 amide bonds. The van der Waals surface area contributed by atoms with E-state index < -0.39 is 18.9 Å². The summed E-state index contributed by atoms with van der Waals surface area (Å²) < 4.78 is 24.3. The Morgan fingerprint density at radius 3 is 2.47 bits per heavy atom. The summed E-state index contributed by atoms with van der Waals surface area (Å²) in [6, 6.07) is -0.262. The molecule has 0 aromatic heterocycles. The first-order valence-electron chi connectivity index (χ1n) is 4.82. The Hall–Kier alpha value is -0.750. The average molecular weight is 225 g/mol. The number of aliphatic hydroxyl groups excluding tert-OH is 1. The number of halogens is 2. The molecule has 0 aliphatic heterocycles. The van der Waals surface area contributed by atoms with Crippen molar-refractivity contribution in [3.05, 3.63) is 0 Å². The summed E-state index contributed by atoms with van der Waals surface area (Å²) in [7, 11) is 0. The van der Waals surface area contributed by atoms with E-state index in [1.165, 1.54) is 4.90 Å². The van der Waals surface area contributed by atoms with Gasteiger partial charge < -0.3 is 10.2 Å². The van der Waals surface area contributed by atoms with Gasteiger partial charge in [0.05, 0.1) is 13.2 Å². The molecule has 1 unspecified atom stereocenters. The van der Waals surface area contributed by atoms with Crippen LogP contribution in [0.2, 0.25) is 0 Å². The van der Waals surface area contributed by atoms with Crippen LogP contribution in [0.3, 0.4) is 0 Å². The molecule has 6 heteroatoms. The van der Waals surface area contributed by atoms with Crippen LogP contribution >= 0.6 is 0 Å². The third kappa shape index (κ3) is 7.21. The molecule has 0 spiro atoms. The highest BCUT2D eigenvalue weighted by atomic mass is 19.3. The predicted octanol–water partition coefficient (Wildman–Crippen LogP) is 0.799. The van der Waals surface area contributed by atoms with E-state index in [4.69, 9.17) is 10.2 Å². The Kier molecular flexibility index (Phi) is 7.15. The van der Waals surface area contributed by atoms with Crippen molar-refractivity contribution in [2.75, 3.05) is 19.7 Å². The van der Waals surface area contributed by atoms with Crippen molar-refractivity contribution in [1.82, 2.24) is 4.90 Å². The molecule has 0 aromatic rings. The molecule has 0 saturated carbocycles. The summed E-state index contributed by atoms with van der Waals surface area (Å²) in [5, 5.41) is 17.1. The van der Waals surface area contributed by atoms with E-state index in [9.17, 15) is 13.6 Å². The van der Waals surface area contributed by atoms with Gasteiger partial charge in [0.15, 0.2) is 0 Å². The highest BCUT2D eigenvalue weighted by Gasteiger charge is 2.18. The molecule has 1 atom stereocenters. The lowest BCUT2D eigenvalue weighted by molar-refractivity contribution is -0.137. The summed E-state index contributed by atoms with van der Waals surface area (Å²) in [6.07, 6.45) is -2.21. The lowest BCUT2D eigenvalue weighted by Gasteiger charge is -2.27. The van der Waals surface area contributed by atoms with Gasteiger partial charge in [-0.15, -0.1) is 0 Å². The Balaban J connectivity index is 4.02. The number of hydrogen-bond donors (Lipinski definition) is 2. The molecule has 0 fully saturated rings. The van der Waals surface area contributed by atoms with Gasteiger partial charge in [-0.1, -0.05) is 0 Å². The highest BCUT2D eigenvalue weighted by Crippen LogP contribution is 2.09. The minimum Gasteiger partial charge on any atom is -0.481 e. The maximum absolute atomic E-state index is 12.1. The van der Waals surface area contributed by atoms with Gasteiger partial charge in [-0.2, -0.15) is 0 Å². The van der Waals surface area contributed by atoms with Crippen LogP contribution < -0.4 is 0 Å². The fourth-order valence-corrected chi connectivity index (χ4v) is 1.31. The number of hydrogen-bond acceptors (Lipinski definition) is 3. The van der Waals surface area contributed by atoms with Crippen molar-refractivity contribution in [3.63, 3.8) is 0 Å². The largest absolute Gasteiger partial charge is 0.481 e. The van der Waals surface area contributed by atoms with Crippen LogP contribution in [-0.4, -0.2) is 53.2 Å². The summed E-state index contributed by atoms with van der Waals surface area (Å²) in [5.74, 6) is -0.942. The smallest absolute Gasteiger partial charge is 0.303 e.